The number of nitrogens with zero attached hydrogens (tertiary/aromatic N) is 2. The summed E-state index contributed by atoms with van der Waals surface area (Å²) in [7, 11) is 0. The molecule has 90 valence electrons. The molecule has 0 aromatic carbocycles. The Kier molecular flexibility index (Phi) is 4.94. The summed E-state index contributed by atoms with van der Waals surface area (Å²) < 4.78 is 5.23. The van der Waals surface area contributed by atoms with Gasteiger partial charge in [0, 0.05) is 24.8 Å². The van der Waals surface area contributed by atoms with Crippen LogP contribution in [0.1, 0.15) is 13.8 Å². The van der Waals surface area contributed by atoms with Crippen molar-refractivity contribution in [2.45, 2.75) is 26.0 Å². The molecule has 0 fully saturated rings. The third-order valence-corrected chi connectivity index (χ3v) is 2.04. The summed E-state index contributed by atoms with van der Waals surface area (Å²) in [6.45, 7) is 4.50. The Morgan fingerprint density at radius 1 is 1.62 bits per heavy atom. The summed E-state index contributed by atoms with van der Waals surface area (Å²) in [5.41, 5.74) is 5.66. The predicted molar refractivity (Wildman–Crippen MR) is 61.3 cm³/mol. The van der Waals surface area contributed by atoms with Gasteiger partial charge in [0.25, 0.3) is 0 Å². The van der Waals surface area contributed by atoms with E-state index in [4.69, 9.17) is 10.5 Å². The van der Waals surface area contributed by atoms with Gasteiger partial charge >= 0.3 is 0 Å². The normalized spacial score (nSPS) is 14.2. The van der Waals surface area contributed by atoms with Crippen molar-refractivity contribution in [3.8, 4) is 5.88 Å². The maximum atomic E-state index is 9.21. The standard InChI is InChI=1S/C10H18N4O2/c1-3-16-9-4-5-12-10(14-9)13-6-8(11)7(2)15/h4-5,7-8,15H,3,6,11H2,1-2H3,(H,12,13,14). The van der Waals surface area contributed by atoms with Gasteiger partial charge in [0.15, 0.2) is 0 Å². The van der Waals surface area contributed by atoms with Crippen molar-refractivity contribution in [2.24, 2.45) is 5.73 Å². The van der Waals surface area contributed by atoms with Crippen LogP contribution in [0.2, 0.25) is 0 Å². The first kappa shape index (κ1) is 12.7. The van der Waals surface area contributed by atoms with Gasteiger partial charge in [-0.15, -0.1) is 0 Å². The summed E-state index contributed by atoms with van der Waals surface area (Å²) >= 11 is 0. The molecule has 0 spiro atoms. The third-order valence-electron chi connectivity index (χ3n) is 2.04. The minimum Gasteiger partial charge on any atom is -0.478 e. The molecule has 1 heterocycles. The van der Waals surface area contributed by atoms with Gasteiger partial charge in [0.05, 0.1) is 12.7 Å². The number of rotatable bonds is 6. The minimum atomic E-state index is -0.567. The molecule has 16 heavy (non-hydrogen) atoms. The molecule has 0 radical (unpaired) electrons. The fourth-order valence-corrected chi connectivity index (χ4v) is 1.04. The molecule has 6 heteroatoms. The van der Waals surface area contributed by atoms with Crippen LogP contribution in [-0.4, -0.2) is 40.4 Å². The maximum Gasteiger partial charge on any atom is 0.225 e. The number of ether oxygens (including phenoxy) is 1. The first-order valence-corrected chi connectivity index (χ1v) is 5.26. The van der Waals surface area contributed by atoms with Crippen LogP contribution in [0.3, 0.4) is 0 Å². The van der Waals surface area contributed by atoms with Crippen LogP contribution in [0, 0.1) is 0 Å². The number of hydrogen-bond donors (Lipinski definition) is 3. The van der Waals surface area contributed by atoms with Crippen LogP contribution in [0.4, 0.5) is 5.95 Å². The zero-order chi connectivity index (χ0) is 12.0. The Bertz CT molecular complexity index is 319. The van der Waals surface area contributed by atoms with E-state index < -0.39 is 6.10 Å². The van der Waals surface area contributed by atoms with Gasteiger partial charge in [0.1, 0.15) is 0 Å². The lowest BCUT2D eigenvalue weighted by molar-refractivity contribution is 0.168. The molecule has 0 bridgehead atoms. The molecule has 1 aromatic heterocycles. The van der Waals surface area contributed by atoms with Crippen molar-refractivity contribution in [1.82, 2.24) is 9.97 Å². The first-order chi connectivity index (χ1) is 7.63. The SMILES string of the molecule is CCOc1ccnc(NCC(N)C(C)O)n1. The number of hydrogen-bond acceptors (Lipinski definition) is 6. The third kappa shape index (κ3) is 4.00. The fraction of sp³-hybridized carbons (Fsp3) is 0.600. The Labute approximate surface area is 94.9 Å². The second-order valence-corrected chi connectivity index (χ2v) is 3.44. The van der Waals surface area contributed by atoms with Crippen LogP contribution in [0.25, 0.3) is 0 Å². The smallest absolute Gasteiger partial charge is 0.225 e. The van der Waals surface area contributed by atoms with E-state index >= 15 is 0 Å². The highest BCUT2D eigenvalue weighted by atomic mass is 16.5. The predicted octanol–water partition coefficient (Wildman–Crippen LogP) is -0.00470. The molecule has 0 aliphatic heterocycles. The van der Waals surface area contributed by atoms with Crippen molar-refractivity contribution in [2.75, 3.05) is 18.5 Å². The van der Waals surface area contributed by atoms with Crippen LogP contribution in [0.5, 0.6) is 5.88 Å². The van der Waals surface area contributed by atoms with Gasteiger partial charge in [-0.1, -0.05) is 0 Å². The Morgan fingerprint density at radius 2 is 2.38 bits per heavy atom. The Hall–Kier alpha value is -1.40. The van der Waals surface area contributed by atoms with E-state index in [2.05, 4.69) is 15.3 Å². The number of aromatic nitrogens is 2. The average molecular weight is 226 g/mol. The molecule has 0 saturated heterocycles. The van der Waals surface area contributed by atoms with Crippen LogP contribution >= 0.6 is 0 Å². The van der Waals surface area contributed by atoms with E-state index in [9.17, 15) is 5.11 Å². The minimum absolute atomic E-state index is 0.348. The van der Waals surface area contributed by atoms with Gasteiger partial charge in [-0.05, 0) is 13.8 Å². The second-order valence-electron chi connectivity index (χ2n) is 3.44. The lowest BCUT2D eigenvalue weighted by atomic mass is 10.2. The second kappa shape index (κ2) is 6.24. The highest BCUT2D eigenvalue weighted by Gasteiger charge is 2.09. The quantitative estimate of drug-likeness (QED) is 0.632. The highest BCUT2D eigenvalue weighted by Crippen LogP contribution is 2.07. The first-order valence-electron chi connectivity index (χ1n) is 5.26. The zero-order valence-electron chi connectivity index (χ0n) is 9.55. The lowest BCUT2D eigenvalue weighted by Crippen LogP contribution is -2.38. The molecule has 4 N–H and O–H groups in total. The molecule has 2 unspecified atom stereocenters. The van der Waals surface area contributed by atoms with E-state index in [1.807, 2.05) is 6.92 Å². The number of aliphatic hydroxyl groups is 1. The molecule has 6 nitrogen and oxygen atoms in total. The van der Waals surface area contributed by atoms with Crippen molar-refractivity contribution < 1.29 is 9.84 Å². The summed E-state index contributed by atoms with van der Waals surface area (Å²) in [4.78, 5) is 8.13. The van der Waals surface area contributed by atoms with Gasteiger partial charge in [-0.25, -0.2) is 4.98 Å². The lowest BCUT2D eigenvalue weighted by Gasteiger charge is -2.15. The van der Waals surface area contributed by atoms with Gasteiger partial charge in [-0.3, -0.25) is 0 Å². The molecule has 1 rings (SSSR count). The highest BCUT2D eigenvalue weighted by molar-refractivity contribution is 5.27. The molecule has 1 aromatic rings. The summed E-state index contributed by atoms with van der Waals surface area (Å²) in [6.07, 6.45) is 1.04. The molecule has 0 saturated carbocycles. The van der Waals surface area contributed by atoms with E-state index in [0.717, 1.165) is 0 Å². The van der Waals surface area contributed by atoms with Crippen molar-refractivity contribution in [1.29, 1.82) is 0 Å². The van der Waals surface area contributed by atoms with Crippen molar-refractivity contribution >= 4 is 5.95 Å². The fourth-order valence-electron chi connectivity index (χ4n) is 1.04. The van der Waals surface area contributed by atoms with Crippen molar-refractivity contribution in [3.05, 3.63) is 12.3 Å². The molecular formula is C10H18N4O2. The van der Waals surface area contributed by atoms with E-state index in [0.29, 0.717) is 25.0 Å². The number of anilines is 1. The number of nitrogens with two attached hydrogens (primary N) is 1. The van der Waals surface area contributed by atoms with Gasteiger partial charge in [0.2, 0.25) is 11.8 Å². The molecule has 0 aliphatic carbocycles. The largest absolute Gasteiger partial charge is 0.478 e. The number of nitrogens with one attached hydrogen (secondary N) is 1. The van der Waals surface area contributed by atoms with Gasteiger partial charge < -0.3 is 20.9 Å². The average Bonchev–Trinajstić information content (AvgIpc) is 2.26. The summed E-state index contributed by atoms with van der Waals surface area (Å²) in [6, 6.07) is 1.34. The van der Waals surface area contributed by atoms with Crippen LogP contribution in [0.15, 0.2) is 12.3 Å². The van der Waals surface area contributed by atoms with E-state index in [1.165, 1.54) is 0 Å². The number of aliphatic hydroxyl groups excluding tert-OH is 1. The van der Waals surface area contributed by atoms with Gasteiger partial charge in [-0.2, -0.15) is 4.98 Å². The van der Waals surface area contributed by atoms with E-state index in [-0.39, 0.29) is 6.04 Å². The van der Waals surface area contributed by atoms with Crippen molar-refractivity contribution in [3.63, 3.8) is 0 Å². The van der Waals surface area contributed by atoms with E-state index in [1.54, 1.807) is 19.2 Å². The zero-order valence-corrected chi connectivity index (χ0v) is 9.55. The molecule has 0 aliphatic rings. The molecule has 0 amide bonds. The maximum absolute atomic E-state index is 9.21. The summed E-state index contributed by atoms with van der Waals surface area (Å²) in [5.74, 6) is 0.965. The Balaban J connectivity index is 2.50. The Morgan fingerprint density at radius 3 is 3.00 bits per heavy atom. The van der Waals surface area contributed by atoms with Crippen LogP contribution < -0.4 is 15.8 Å². The monoisotopic (exact) mass is 226 g/mol. The summed E-state index contributed by atoms with van der Waals surface area (Å²) in [5, 5.41) is 12.1. The molecule has 2 atom stereocenters. The molecular weight excluding hydrogens is 208 g/mol. The van der Waals surface area contributed by atoms with Crippen LogP contribution in [-0.2, 0) is 0 Å². The topological polar surface area (TPSA) is 93.3 Å².